The van der Waals surface area contributed by atoms with Crippen LogP contribution in [-0.4, -0.2) is 45.4 Å². The molecule has 6 nitrogen and oxygen atoms in total. The summed E-state index contributed by atoms with van der Waals surface area (Å²) < 4.78 is 0. The Hall–Kier alpha value is -2.73. The van der Waals surface area contributed by atoms with Gasteiger partial charge >= 0.3 is 0 Å². The number of hydrogen-bond donors (Lipinski definition) is 2. The van der Waals surface area contributed by atoms with Crippen LogP contribution in [0, 0.1) is 5.92 Å². The number of hydrogen-bond acceptors (Lipinski definition) is 4. The Kier molecular flexibility index (Phi) is 4.93. The Morgan fingerprint density at radius 3 is 2.77 bits per heavy atom. The first-order valence-electron chi connectivity index (χ1n) is 9.12. The van der Waals surface area contributed by atoms with Crippen LogP contribution in [0.4, 0.5) is 0 Å². The van der Waals surface area contributed by atoms with Crippen LogP contribution in [0.2, 0.25) is 0 Å². The molecule has 0 atom stereocenters. The van der Waals surface area contributed by atoms with Crippen LogP contribution in [0.25, 0.3) is 11.2 Å². The van der Waals surface area contributed by atoms with Crippen molar-refractivity contribution in [2.75, 3.05) is 19.6 Å². The topological polar surface area (TPSA) is 73.9 Å². The van der Waals surface area contributed by atoms with E-state index in [1.165, 1.54) is 5.56 Å². The van der Waals surface area contributed by atoms with Gasteiger partial charge in [-0.05, 0) is 49.5 Å². The Labute approximate surface area is 152 Å². The molecule has 1 amide bonds. The molecule has 1 aliphatic heterocycles. The van der Waals surface area contributed by atoms with Crippen molar-refractivity contribution in [3.8, 4) is 0 Å². The fourth-order valence-electron chi connectivity index (χ4n) is 3.47. The van der Waals surface area contributed by atoms with Crippen LogP contribution in [-0.2, 0) is 6.54 Å². The van der Waals surface area contributed by atoms with Gasteiger partial charge in [0.25, 0.3) is 5.91 Å². The van der Waals surface area contributed by atoms with Gasteiger partial charge in [-0.3, -0.25) is 9.69 Å². The Balaban J connectivity index is 1.25. The molecule has 1 saturated heterocycles. The van der Waals surface area contributed by atoms with E-state index in [2.05, 4.69) is 55.5 Å². The number of carbonyl (C=O) groups is 1. The van der Waals surface area contributed by atoms with Crippen LogP contribution < -0.4 is 5.32 Å². The van der Waals surface area contributed by atoms with Gasteiger partial charge in [0.1, 0.15) is 5.69 Å². The van der Waals surface area contributed by atoms with Crippen molar-refractivity contribution >= 4 is 17.1 Å². The van der Waals surface area contributed by atoms with Gasteiger partial charge in [0, 0.05) is 13.1 Å². The highest BCUT2D eigenvalue weighted by molar-refractivity contribution is 5.93. The van der Waals surface area contributed by atoms with Crippen molar-refractivity contribution in [2.45, 2.75) is 19.4 Å². The second-order valence-electron chi connectivity index (χ2n) is 6.89. The minimum Gasteiger partial charge on any atom is -0.350 e. The molecule has 26 heavy (non-hydrogen) atoms. The monoisotopic (exact) mass is 349 g/mol. The maximum absolute atomic E-state index is 12.3. The van der Waals surface area contributed by atoms with E-state index in [4.69, 9.17) is 0 Å². The summed E-state index contributed by atoms with van der Waals surface area (Å²) in [7, 11) is 0. The zero-order valence-electron chi connectivity index (χ0n) is 14.7. The predicted molar refractivity (Wildman–Crippen MR) is 101 cm³/mol. The highest BCUT2D eigenvalue weighted by Gasteiger charge is 2.20. The minimum absolute atomic E-state index is 0.124. The summed E-state index contributed by atoms with van der Waals surface area (Å²) in [4.78, 5) is 26.2. The first-order valence-corrected chi connectivity index (χ1v) is 9.12. The van der Waals surface area contributed by atoms with Gasteiger partial charge in [0.05, 0.1) is 11.8 Å². The molecule has 3 heterocycles. The van der Waals surface area contributed by atoms with Gasteiger partial charge < -0.3 is 10.3 Å². The number of pyridine rings is 1. The van der Waals surface area contributed by atoms with Crippen LogP contribution in [0.3, 0.4) is 0 Å². The summed E-state index contributed by atoms with van der Waals surface area (Å²) >= 11 is 0. The molecule has 4 rings (SSSR count). The number of benzene rings is 1. The number of imidazole rings is 1. The molecule has 0 unspecified atom stereocenters. The van der Waals surface area contributed by atoms with Crippen LogP contribution in [0.1, 0.15) is 28.9 Å². The fraction of sp³-hybridized carbons (Fsp3) is 0.350. The number of aromatic amines is 1. The summed E-state index contributed by atoms with van der Waals surface area (Å²) in [6.45, 7) is 3.87. The van der Waals surface area contributed by atoms with Gasteiger partial charge in [0.15, 0.2) is 5.65 Å². The maximum atomic E-state index is 12.3. The smallest absolute Gasteiger partial charge is 0.269 e. The number of nitrogens with zero attached hydrogens (tertiary/aromatic N) is 3. The van der Waals surface area contributed by atoms with E-state index in [0.29, 0.717) is 23.8 Å². The van der Waals surface area contributed by atoms with Crippen LogP contribution in [0.5, 0.6) is 0 Å². The Bertz CT molecular complexity index is 868. The summed E-state index contributed by atoms with van der Waals surface area (Å²) in [5, 5.41) is 3.03. The lowest BCUT2D eigenvalue weighted by molar-refractivity contribution is 0.0930. The first-order chi connectivity index (χ1) is 12.8. The van der Waals surface area contributed by atoms with E-state index in [0.717, 1.165) is 38.0 Å². The summed E-state index contributed by atoms with van der Waals surface area (Å²) in [6.07, 6.45) is 3.81. The average molecular weight is 349 g/mol. The third-order valence-corrected chi connectivity index (χ3v) is 5.02. The number of fused-ring (bicyclic) bond motifs is 1. The molecule has 2 N–H and O–H groups in total. The van der Waals surface area contributed by atoms with E-state index < -0.39 is 0 Å². The lowest BCUT2D eigenvalue weighted by Crippen LogP contribution is -2.38. The summed E-state index contributed by atoms with van der Waals surface area (Å²) in [6, 6.07) is 14.2. The molecule has 3 aromatic rings. The number of nitrogens with one attached hydrogen (secondary N) is 2. The van der Waals surface area contributed by atoms with E-state index in [9.17, 15) is 4.79 Å². The molecule has 1 aromatic carbocycles. The quantitative estimate of drug-likeness (QED) is 0.742. The number of likely N-dealkylation sites (tertiary alicyclic amines) is 1. The molecule has 2 aromatic heterocycles. The number of aromatic nitrogens is 3. The molecular formula is C20H23N5O. The van der Waals surface area contributed by atoms with Crippen molar-refractivity contribution < 1.29 is 4.79 Å². The lowest BCUT2D eigenvalue weighted by Gasteiger charge is -2.32. The zero-order valence-corrected chi connectivity index (χ0v) is 14.7. The van der Waals surface area contributed by atoms with E-state index in [-0.39, 0.29) is 5.91 Å². The molecule has 0 radical (unpaired) electrons. The molecular weight excluding hydrogens is 326 g/mol. The predicted octanol–water partition coefficient (Wildman–Crippen LogP) is 2.60. The number of piperidine rings is 1. The molecule has 0 spiro atoms. The normalized spacial score (nSPS) is 16.0. The number of amides is 1. The standard InChI is InChI=1S/C20H23N5O/c26-20(18-7-6-17-19(24-18)23-14-22-17)21-12-15-8-10-25(11-9-15)13-16-4-2-1-3-5-16/h1-7,14-15H,8-13H2,(H,21,26)(H,22,23,24). The van der Waals surface area contributed by atoms with Crippen molar-refractivity contribution in [3.05, 3.63) is 60.0 Å². The minimum atomic E-state index is -0.124. The Morgan fingerprint density at radius 1 is 1.15 bits per heavy atom. The second-order valence-corrected chi connectivity index (χ2v) is 6.89. The maximum Gasteiger partial charge on any atom is 0.269 e. The molecule has 134 valence electrons. The average Bonchev–Trinajstić information content (AvgIpc) is 3.16. The molecule has 0 saturated carbocycles. The molecule has 6 heteroatoms. The van der Waals surface area contributed by atoms with E-state index in [1.807, 2.05) is 6.07 Å². The largest absolute Gasteiger partial charge is 0.350 e. The van der Waals surface area contributed by atoms with Crippen LogP contribution >= 0.6 is 0 Å². The molecule has 0 bridgehead atoms. The van der Waals surface area contributed by atoms with Gasteiger partial charge in [-0.25, -0.2) is 9.97 Å². The lowest BCUT2D eigenvalue weighted by atomic mass is 9.96. The second kappa shape index (κ2) is 7.66. The molecule has 0 aliphatic carbocycles. The van der Waals surface area contributed by atoms with Gasteiger partial charge in [0.2, 0.25) is 0 Å². The molecule has 1 fully saturated rings. The summed E-state index contributed by atoms with van der Waals surface area (Å²) in [5.41, 5.74) is 3.20. The number of rotatable bonds is 5. The number of carbonyl (C=O) groups excluding carboxylic acids is 1. The van der Waals surface area contributed by atoms with Crippen molar-refractivity contribution in [1.82, 2.24) is 25.2 Å². The summed E-state index contributed by atoms with van der Waals surface area (Å²) in [5.74, 6) is 0.404. The van der Waals surface area contributed by atoms with E-state index in [1.54, 1.807) is 12.4 Å². The van der Waals surface area contributed by atoms with Gasteiger partial charge in [-0.2, -0.15) is 0 Å². The van der Waals surface area contributed by atoms with Crippen molar-refractivity contribution in [2.24, 2.45) is 5.92 Å². The first kappa shape index (κ1) is 16.7. The van der Waals surface area contributed by atoms with Gasteiger partial charge in [-0.15, -0.1) is 0 Å². The Morgan fingerprint density at radius 2 is 1.96 bits per heavy atom. The van der Waals surface area contributed by atoms with Crippen molar-refractivity contribution in [3.63, 3.8) is 0 Å². The van der Waals surface area contributed by atoms with Crippen LogP contribution in [0.15, 0.2) is 48.8 Å². The highest BCUT2D eigenvalue weighted by Crippen LogP contribution is 2.18. The van der Waals surface area contributed by atoms with E-state index >= 15 is 0 Å². The molecule has 1 aliphatic rings. The third-order valence-electron chi connectivity index (χ3n) is 5.02. The SMILES string of the molecule is O=C(NCC1CCN(Cc2ccccc2)CC1)c1ccc2[nH]cnc2n1. The highest BCUT2D eigenvalue weighted by atomic mass is 16.1. The third kappa shape index (κ3) is 3.91. The van der Waals surface area contributed by atoms with Crippen molar-refractivity contribution in [1.29, 1.82) is 0 Å². The van der Waals surface area contributed by atoms with Gasteiger partial charge in [-0.1, -0.05) is 30.3 Å². The number of H-pyrrole nitrogens is 1. The zero-order chi connectivity index (χ0) is 17.8. The fourth-order valence-corrected chi connectivity index (χ4v) is 3.47.